The quantitative estimate of drug-likeness (QED) is 0.727. The van der Waals surface area contributed by atoms with Gasteiger partial charge in [0.05, 0.1) is 5.92 Å². The lowest BCUT2D eigenvalue weighted by Gasteiger charge is -2.14. The van der Waals surface area contributed by atoms with Crippen molar-refractivity contribution in [1.29, 1.82) is 0 Å². The number of hydrogen-bond donors (Lipinski definition) is 3. The highest BCUT2D eigenvalue weighted by molar-refractivity contribution is 9.10. The largest absolute Gasteiger partial charge is 0.481 e. The molecule has 1 aromatic carbocycles. The van der Waals surface area contributed by atoms with E-state index in [0.717, 1.165) is 22.0 Å². The van der Waals surface area contributed by atoms with Gasteiger partial charge in [-0.2, -0.15) is 0 Å². The van der Waals surface area contributed by atoms with E-state index in [1.165, 1.54) is 0 Å². The maximum Gasteiger partial charge on any atom is 0.319 e. The third kappa shape index (κ3) is 5.38. The van der Waals surface area contributed by atoms with Crippen LogP contribution < -0.4 is 10.6 Å². The molecule has 6 heteroatoms. The summed E-state index contributed by atoms with van der Waals surface area (Å²) in [6.07, 6.45) is 1.32. The normalized spacial score (nSPS) is 11.8. The van der Waals surface area contributed by atoms with E-state index in [9.17, 15) is 9.59 Å². The summed E-state index contributed by atoms with van der Waals surface area (Å²) in [5, 5.41) is 14.4. The van der Waals surface area contributed by atoms with Gasteiger partial charge >= 0.3 is 12.0 Å². The van der Waals surface area contributed by atoms with Crippen LogP contribution in [0.2, 0.25) is 0 Å². The van der Waals surface area contributed by atoms with Crippen molar-refractivity contribution in [3.63, 3.8) is 0 Å². The molecule has 0 bridgehead atoms. The molecule has 0 spiro atoms. The van der Waals surface area contributed by atoms with Crippen molar-refractivity contribution in [3.05, 3.63) is 27.7 Å². The summed E-state index contributed by atoms with van der Waals surface area (Å²) in [5.74, 6) is -1.43. The first-order chi connectivity index (χ1) is 9.85. The molecule has 0 aliphatic carbocycles. The summed E-state index contributed by atoms with van der Waals surface area (Å²) in [5.41, 5.74) is 2.74. The van der Waals surface area contributed by atoms with Crippen LogP contribution in [0, 0.1) is 19.8 Å². The van der Waals surface area contributed by atoms with E-state index in [-0.39, 0.29) is 6.54 Å². The van der Waals surface area contributed by atoms with Crippen LogP contribution in [0.1, 0.15) is 30.9 Å². The predicted molar refractivity (Wildman–Crippen MR) is 86.7 cm³/mol. The number of rotatable bonds is 6. The number of nitrogens with one attached hydrogen (secondary N) is 2. The maximum atomic E-state index is 11.8. The Bertz CT molecular complexity index is 509. The van der Waals surface area contributed by atoms with Gasteiger partial charge in [0, 0.05) is 16.7 Å². The molecule has 2 amide bonds. The van der Waals surface area contributed by atoms with Gasteiger partial charge in [0.15, 0.2) is 0 Å². The maximum absolute atomic E-state index is 11.8. The zero-order chi connectivity index (χ0) is 16.0. The highest BCUT2D eigenvalue weighted by Crippen LogP contribution is 2.24. The molecule has 0 heterocycles. The van der Waals surface area contributed by atoms with Gasteiger partial charge in [-0.05, 0) is 43.5 Å². The van der Waals surface area contributed by atoms with E-state index in [4.69, 9.17) is 5.11 Å². The molecule has 116 valence electrons. The Morgan fingerprint density at radius 2 is 1.86 bits per heavy atom. The first-order valence-corrected chi connectivity index (χ1v) is 7.68. The molecule has 3 N–H and O–H groups in total. The molecule has 0 aromatic heterocycles. The zero-order valence-corrected chi connectivity index (χ0v) is 14.1. The van der Waals surface area contributed by atoms with Crippen LogP contribution in [0.15, 0.2) is 16.6 Å². The number of anilines is 1. The number of aliphatic carboxylic acids is 1. The van der Waals surface area contributed by atoms with Gasteiger partial charge in [-0.3, -0.25) is 4.79 Å². The zero-order valence-electron chi connectivity index (χ0n) is 12.5. The smallest absolute Gasteiger partial charge is 0.319 e. The van der Waals surface area contributed by atoms with Crippen LogP contribution in [0.3, 0.4) is 0 Å². The van der Waals surface area contributed by atoms with Crippen molar-refractivity contribution in [3.8, 4) is 0 Å². The van der Waals surface area contributed by atoms with Crippen molar-refractivity contribution >= 4 is 33.6 Å². The molecule has 1 atom stereocenters. The summed E-state index contributed by atoms with van der Waals surface area (Å²) < 4.78 is 1.02. The Balaban J connectivity index is 2.60. The van der Waals surface area contributed by atoms with Crippen LogP contribution in [-0.4, -0.2) is 23.7 Å². The molecule has 0 saturated carbocycles. The van der Waals surface area contributed by atoms with E-state index in [1.54, 1.807) is 0 Å². The van der Waals surface area contributed by atoms with Crippen molar-refractivity contribution in [2.24, 2.45) is 5.92 Å². The number of carboxylic acid groups (broad SMARTS) is 1. The second-order valence-electron chi connectivity index (χ2n) is 5.08. The molecule has 1 unspecified atom stereocenters. The fourth-order valence-corrected chi connectivity index (χ4v) is 2.30. The van der Waals surface area contributed by atoms with Gasteiger partial charge in [-0.25, -0.2) is 4.79 Å². The van der Waals surface area contributed by atoms with E-state index in [0.29, 0.717) is 12.1 Å². The minimum atomic E-state index is -0.882. The summed E-state index contributed by atoms with van der Waals surface area (Å²) >= 11 is 3.47. The third-order valence-corrected chi connectivity index (χ3v) is 4.44. The van der Waals surface area contributed by atoms with Gasteiger partial charge in [-0.15, -0.1) is 0 Å². The molecule has 0 aliphatic heterocycles. The minimum Gasteiger partial charge on any atom is -0.481 e. The van der Waals surface area contributed by atoms with Crippen LogP contribution in [0.4, 0.5) is 10.5 Å². The van der Waals surface area contributed by atoms with Gasteiger partial charge < -0.3 is 15.7 Å². The standard InChI is InChI=1S/C15H21BrN2O3/c1-4-5-11(14(19)20)8-17-15(21)18-12-6-9(2)13(16)10(3)7-12/h6-7,11H,4-5,8H2,1-3H3,(H,19,20)(H2,17,18,21). The Morgan fingerprint density at radius 1 is 1.29 bits per heavy atom. The van der Waals surface area contributed by atoms with Crippen molar-refractivity contribution < 1.29 is 14.7 Å². The fraction of sp³-hybridized carbons (Fsp3) is 0.467. The molecule has 1 rings (SSSR count). The molecular formula is C15H21BrN2O3. The monoisotopic (exact) mass is 356 g/mol. The van der Waals surface area contributed by atoms with Gasteiger partial charge in [0.1, 0.15) is 0 Å². The van der Waals surface area contributed by atoms with Crippen LogP contribution in [0.25, 0.3) is 0 Å². The second-order valence-corrected chi connectivity index (χ2v) is 5.88. The number of halogens is 1. The predicted octanol–water partition coefficient (Wildman–Crippen LogP) is 3.69. The van der Waals surface area contributed by atoms with Gasteiger partial charge in [0.2, 0.25) is 0 Å². The average Bonchev–Trinajstić information content (AvgIpc) is 2.40. The third-order valence-electron chi connectivity index (χ3n) is 3.19. The number of carbonyl (C=O) groups excluding carboxylic acids is 1. The lowest BCUT2D eigenvalue weighted by molar-refractivity contribution is -0.141. The molecule has 0 aliphatic rings. The summed E-state index contributed by atoms with van der Waals surface area (Å²) in [6, 6.07) is 3.33. The molecule has 0 saturated heterocycles. The average molecular weight is 357 g/mol. The van der Waals surface area contributed by atoms with Crippen molar-refractivity contribution in [2.75, 3.05) is 11.9 Å². The van der Waals surface area contributed by atoms with Crippen LogP contribution >= 0.6 is 15.9 Å². The van der Waals surface area contributed by atoms with Crippen molar-refractivity contribution in [2.45, 2.75) is 33.6 Å². The molecule has 0 radical (unpaired) electrons. The molecular weight excluding hydrogens is 336 g/mol. The number of carbonyl (C=O) groups is 2. The van der Waals surface area contributed by atoms with Crippen LogP contribution in [-0.2, 0) is 4.79 Å². The highest BCUT2D eigenvalue weighted by Gasteiger charge is 2.17. The Morgan fingerprint density at radius 3 is 2.33 bits per heavy atom. The van der Waals surface area contributed by atoms with Crippen LogP contribution in [0.5, 0.6) is 0 Å². The van der Waals surface area contributed by atoms with Gasteiger partial charge in [0.25, 0.3) is 0 Å². The number of aryl methyl sites for hydroxylation is 2. The van der Waals surface area contributed by atoms with E-state index in [1.807, 2.05) is 32.9 Å². The molecule has 0 fully saturated rings. The number of amides is 2. The topological polar surface area (TPSA) is 78.4 Å². The Hall–Kier alpha value is -1.56. The minimum absolute atomic E-state index is 0.128. The van der Waals surface area contributed by atoms with Crippen molar-refractivity contribution in [1.82, 2.24) is 5.32 Å². The highest BCUT2D eigenvalue weighted by atomic mass is 79.9. The van der Waals surface area contributed by atoms with E-state index < -0.39 is 17.9 Å². The first kappa shape index (κ1) is 17.5. The summed E-state index contributed by atoms with van der Waals surface area (Å²) in [6.45, 7) is 5.94. The lowest BCUT2D eigenvalue weighted by Crippen LogP contribution is -2.35. The Labute approximate surface area is 133 Å². The van der Waals surface area contributed by atoms with E-state index >= 15 is 0 Å². The lowest BCUT2D eigenvalue weighted by atomic mass is 10.0. The number of carboxylic acids is 1. The first-order valence-electron chi connectivity index (χ1n) is 6.89. The molecule has 5 nitrogen and oxygen atoms in total. The van der Waals surface area contributed by atoms with E-state index in [2.05, 4.69) is 26.6 Å². The number of benzene rings is 1. The molecule has 1 aromatic rings. The SMILES string of the molecule is CCCC(CNC(=O)Nc1cc(C)c(Br)c(C)c1)C(=O)O. The molecule has 21 heavy (non-hydrogen) atoms. The summed E-state index contributed by atoms with van der Waals surface area (Å²) in [4.78, 5) is 22.8. The number of hydrogen-bond acceptors (Lipinski definition) is 2. The van der Waals surface area contributed by atoms with Gasteiger partial charge in [-0.1, -0.05) is 29.3 Å². The summed E-state index contributed by atoms with van der Waals surface area (Å²) in [7, 11) is 0. The second kappa shape index (κ2) is 8.02. The fourth-order valence-electron chi connectivity index (χ4n) is 2.07. The number of urea groups is 1. The Kier molecular flexibility index (Phi) is 6.68.